The van der Waals surface area contributed by atoms with Gasteiger partial charge in [-0.3, -0.25) is 0 Å². The highest BCUT2D eigenvalue weighted by Crippen LogP contribution is 2.55. The summed E-state index contributed by atoms with van der Waals surface area (Å²) in [5.74, 6) is 0. The second-order valence-corrected chi connectivity index (χ2v) is 25.8. The smallest absolute Gasteiger partial charge is 0.252 e. The van der Waals surface area contributed by atoms with Gasteiger partial charge in [0, 0.05) is 51.1 Å². The number of para-hydroxylation sites is 2. The second-order valence-electron chi connectivity index (χ2n) is 25.8. The van der Waals surface area contributed by atoms with Crippen molar-refractivity contribution in [1.82, 2.24) is 0 Å². The Morgan fingerprint density at radius 3 is 1.53 bits per heavy atom. The van der Waals surface area contributed by atoms with Crippen molar-refractivity contribution in [1.29, 1.82) is 0 Å². The first-order valence-electron chi connectivity index (χ1n) is 27.0. The van der Waals surface area contributed by atoms with Crippen LogP contribution in [0, 0.1) is 13.8 Å². The van der Waals surface area contributed by atoms with E-state index in [0.717, 1.165) is 29.9 Å². The number of hydrogen-bond acceptors (Lipinski definition) is 3. The Morgan fingerprint density at radius 1 is 0.438 bits per heavy atom. The molecule has 0 fully saturated rings. The van der Waals surface area contributed by atoms with Gasteiger partial charge < -0.3 is 14.7 Å². The summed E-state index contributed by atoms with van der Waals surface area (Å²) in [6, 6.07) is 63.1. The van der Waals surface area contributed by atoms with Gasteiger partial charge in [-0.2, -0.15) is 0 Å². The van der Waals surface area contributed by atoms with E-state index in [-0.39, 0.29) is 33.8 Å². The fourth-order valence-electron chi connectivity index (χ4n) is 13.8. The lowest BCUT2D eigenvalue weighted by molar-refractivity contribution is 0.332. The summed E-state index contributed by atoms with van der Waals surface area (Å²) in [5.41, 5.74) is 27.4. The molecule has 0 radical (unpaired) electrons. The van der Waals surface area contributed by atoms with Crippen molar-refractivity contribution < 1.29 is 0 Å². The van der Waals surface area contributed by atoms with Crippen molar-refractivity contribution in [3.05, 3.63) is 203 Å². The Morgan fingerprint density at radius 2 is 0.945 bits per heavy atom. The third-order valence-electron chi connectivity index (χ3n) is 17.6. The normalized spacial score (nSPS) is 17.3. The molecule has 12 rings (SSSR count). The summed E-state index contributed by atoms with van der Waals surface area (Å²) in [4.78, 5) is 7.80. The van der Waals surface area contributed by atoms with Gasteiger partial charge in [-0.25, -0.2) is 0 Å². The lowest BCUT2D eigenvalue weighted by Crippen LogP contribution is -2.61. The zero-order valence-electron chi connectivity index (χ0n) is 45.6. The Balaban J connectivity index is 1.21. The lowest BCUT2D eigenvalue weighted by atomic mass is 9.33. The first-order valence-corrected chi connectivity index (χ1v) is 27.0. The molecule has 0 atom stereocenters. The van der Waals surface area contributed by atoms with Crippen LogP contribution in [0.5, 0.6) is 0 Å². The van der Waals surface area contributed by atoms with Crippen molar-refractivity contribution >= 4 is 74.3 Å². The molecule has 366 valence electrons. The summed E-state index contributed by atoms with van der Waals surface area (Å²) in [7, 11) is 0. The van der Waals surface area contributed by atoms with E-state index in [1.165, 1.54) is 107 Å². The molecule has 2 aliphatic heterocycles. The van der Waals surface area contributed by atoms with Crippen LogP contribution in [0.4, 0.5) is 51.2 Å². The molecule has 0 saturated heterocycles. The number of nitrogens with zero attached hydrogens (tertiary/aromatic N) is 3. The van der Waals surface area contributed by atoms with Crippen molar-refractivity contribution in [3.63, 3.8) is 0 Å². The molecule has 2 aliphatic carbocycles. The first kappa shape index (κ1) is 47.2. The van der Waals surface area contributed by atoms with Crippen molar-refractivity contribution in [2.75, 3.05) is 14.7 Å². The van der Waals surface area contributed by atoms with E-state index >= 15 is 0 Å². The zero-order chi connectivity index (χ0) is 51.1. The maximum absolute atomic E-state index is 2.69. The van der Waals surface area contributed by atoms with Crippen LogP contribution < -0.4 is 31.1 Å². The molecular formula is C69H72BN3. The number of hydrogen-bond donors (Lipinski definition) is 0. The predicted octanol–water partition coefficient (Wildman–Crippen LogP) is 17.1. The number of rotatable bonds is 6. The number of anilines is 9. The zero-order valence-corrected chi connectivity index (χ0v) is 45.6. The Labute approximate surface area is 437 Å². The minimum atomic E-state index is -0.0257. The predicted molar refractivity (Wildman–Crippen MR) is 315 cm³/mol. The summed E-state index contributed by atoms with van der Waals surface area (Å²) in [5, 5.41) is 0. The Kier molecular flexibility index (Phi) is 10.6. The van der Waals surface area contributed by atoms with Gasteiger partial charge in [0.2, 0.25) is 0 Å². The summed E-state index contributed by atoms with van der Waals surface area (Å²) >= 11 is 0. The van der Waals surface area contributed by atoms with Crippen LogP contribution in [0.25, 0.3) is 11.1 Å². The van der Waals surface area contributed by atoms with Gasteiger partial charge in [-0.05, 0) is 194 Å². The van der Waals surface area contributed by atoms with Crippen LogP contribution in [0.1, 0.15) is 134 Å². The highest BCUT2D eigenvalue weighted by Gasteiger charge is 2.49. The molecule has 8 aromatic rings. The molecule has 0 spiro atoms. The largest absolute Gasteiger partial charge is 0.311 e. The van der Waals surface area contributed by atoms with Crippen LogP contribution in [-0.2, 0) is 27.1 Å². The quantitative estimate of drug-likeness (QED) is 0.154. The third-order valence-corrected chi connectivity index (χ3v) is 17.6. The van der Waals surface area contributed by atoms with E-state index in [1.54, 1.807) is 0 Å². The fraction of sp³-hybridized carbons (Fsp3) is 0.304. The van der Waals surface area contributed by atoms with Crippen LogP contribution >= 0.6 is 0 Å². The standard InChI is InChI=1S/C69H72BN3/c1-44-35-62-64-63(36-44)73(59-41-54-52(37-45(59)2)66(6,7)33-34-67(54,8)9)60-39-50(71(48-25-19-15-20-26-48)49-27-21-16-22-28-49)30-31-56(60)70(64)57-40-53-55(69(12,13)43-68(53,10)11)42-61(57)72(62)58-32-29-47(65(3,4)5)38-51(58)46-23-17-14-18-24-46/h14-32,35-42H,33-34,43H2,1-13H3. The van der Waals surface area contributed by atoms with E-state index < -0.39 is 0 Å². The molecule has 3 nitrogen and oxygen atoms in total. The highest BCUT2D eigenvalue weighted by atomic mass is 15.2. The first-order chi connectivity index (χ1) is 34.6. The molecule has 0 saturated carbocycles. The molecule has 73 heavy (non-hydrogen) atoms. The Hall–Kier alpha value is -6.78. The van der Waals surface area contributed by atoms with Crippen LogP contribution in [0.15, 0.2) is 164 Å². The number of benzene rings is 8. The van der Waals surface area contributed by atoms with Gasteiger partial charge in [0.15, 0.2) is 0 Å². The molecule has 4 aliphatic rings. The molecule has 0 aromatic heterocycles. The van der Waals surface area contributed by atoms with E-state index in [4.69, 9.17) is 0 Å². The monoisotopic (exact) mass is 954 g/mol. The van der Waals surface area contributed by atoms with Crippen molar-refractivity contribution in [2.45, 2.75) is 136 Å². The average Bonchev–Trinajstić information content (AvgIpc) is 3.54. The van der Waals surface area contributed by atoms with Gasteiger partial charge in [0.1, 0.15) is 0 Å². The van der Waals surface area contributed by atoms with Crippen LogP contribution in [-0.4, -0.2) is 6.71 Å². The van der Waals surface area contributed by atoms with Crippen molar-refractivity contribution in [3.8, 4) is 11.1 Å². The van der Waals surface area contributed by atoms with Crippen LogP contribution in [0.2, 0.25) is 0 Å². The van der Waals surface area contributed by atoms with Crippen molar-refractivity contribution in [2.24, 2.45) is 0 Å². The highest BCUT2D eigenvalue weighted by molar-refractivity contribution is 7.00. The summed E-state index contributed by atoms with van der Waals surface area (Å²) in [6.45, 7) is 31.4. The van der Waals surface area contributed by atoms with E-state index in [0.29, 0.717) is 0 Å². The van der Waals surface area contributed by atoms with E-state index in [1.807, 2.05) is 0 Å². The Bertz CT molecular complexity index is 3460. The lowest BCUT2D eigenvalue weighted by Gasteiger charge is -2.47. The second kappa shape index (κ2) is 16.4. The molecule has 2 heterocycles. The van der Waals surface area contributed by atoms with Crippen LogP contribution in [0.3, 0.4) is 0 Å². The average molecular weight is 954 g/mol. The SMILES string of the molecule is Cc1cc2c3c(c1)N(c1ccc(C(C)(C)C)cc1-c1ccccc1)c1cc4c(cc1B3c1ccc(N(c3ccccc3)c3ccccc3)cc1N2c1cc2c(cc1C)C(C)(C)CCC2(C)C)C(C)(C)CC4(C)C. The summed E-state index contributed by atoms with van der Waals surface area (Å²) in [6.07, 6.45) is 3.43. The number of aryl methyl sites for hydroxylation is 2. The van der Waals surface area contributed by atoms with Gasteiger partial charge in [-0.15, -0.1) is 0 Å². The minimum absolute atomic E-state index is 0.0107. The molecule has 8 aromatic carbocycles. The van der Waals surface area contributed by atoms with Gasteiger partial charge in [-0.1, -0.05) is 167 Å². The van der Waals surface area contributed by atoms with Gasteiger partial charge >= 0.3 is 0 Å². The molecule has 0 unspecified atom stereocenters. The number of fused-ring (bicyclic) bond motifs is 6. The fourth-order valence-corrected chi connectivity index (χ4v) is 13.8. The molecule has 0 bridgehead atoms. The topological polar surface area (TPSA) is 9.72 Å². The summed E-state index contributed by atoms with van der Waals surface area (Å²) < 4.78 is 0. The van der Waals surface area contributed by atoms with Gasteiger partial charge in [0.25, 0.3) is 6.71 Å². The maximum Gasteiger partial charge on any atom is 0.252 e. The van der Waals surface area contributed by atoms with Gasteiger partial charge in [0.05, 0.1) is 5.69 Å². The van der Waals surface area contributed by atoms with E-state index in [9.17, 15) is 0 Å². The molecule has 0 N–H and O–H groups in total. The molecular weight excluding hydrogens is 882 g/mol. The minimum Gasteiger partial charge on any atom is -0.311 e. The third kappa shape index (κ3) is 7.52. The molecule has 4 heteroatoms. The van der Waals surface area contributed by atoms with E-state index in [2.05, 4.69) is 269 Å². The molecule has 0 amide bonds. The maximum atomic E-state index is 2.69.